The average molecular weight is 255 g/mol. The van der Waals surface area contributed by atoms with E-state index >= 15 is 0 Å². The number of alkyl halides is 2. The van der Waals surface area contributed by atoms with E-state index in [9.17, 15) is 8.78 Å². The summed E-state index contributed by atoms with van der Waals surface area (Å²) in [4.78, 5) is 0. The third-order valence-electron chi connectivity index (χ3n) is 2.44. The standard InChI is InChI=1S/C14H19F2NO/c1-10(2)17-8-4-5-11-6-7-13(18-3)12(9-11)14(15)16/h4-7,9-10,14,17H,8H2,1-3H3. The van der Waals surface area contributed by atoms with Crippen molar-refractivity contribution in [2.75, 3.05) is 13.7 Å². The molecule has 0 heterocycles. The van der Waals surface area contributed by atoms with Crippen LogP contribution in [-0.4, -0.2) is 19.7 Å². The number of ether oxygens (including phenoxy) is 1. The summed E-state index contributed by atoms with van der Waals surface area (Å²) in [6, 6.07) is 5.19. The van der Waals surface area contributed by atoms with Crippen LogP contribution in [0, 0.1) is 0 Å². The van der Waals surface area contributed by atoms with Gasteiger partial charge in [0.05, 0.1) is 12.7 Å². The van der Waals surface area contributed by atoms with Crippen LogP contribution >= 0.6 is 0 Å². The van der Waals surface area contributed by atoms with E-state index < -0.39 is 6.43 Å². The van der Waals surface area contributed by atoms with E-state index in [1.54, 1.807) is 12.1 Å². The normalized spacial score (nSPS) is 11.7. The minimum Gasteiger partial charge on any atom is -0.496 e. The van der Waals surface area contributed by atoms with E-state index in [-0.39, 0.29) is 11.3 Å². The van der Waals surface area contributed by atoms with Crippen LogP contribution in [0.5, 0.6) is 5.75 Å². The molecule has 0 saturated heterocycles. The van der Waals surface area contributed by atoms with Crippen molar-refractivity contribution in [3.63, 3.8) is 0 Å². The molecule has 100 valence electrons. The van der Waals surface area contributed by atoms with Crippen LogP contribution < -0.4 is 10.1 Å². The molecule has 1 aromatic carbocycles. The molecule has 0 atom stereocenters. The lowest BCUT2D eigenvalue weighted by Crippen LogP contribution is -2.22. The minimum absolute atomic E-state index is 0.0727. The molecule has 0 aliphatic rings. The van der Waals surface area contributed by atoms with Crippen molar-refractivity contribution in [2.45, 2.75) is 26.3 Å². The molecule has 1 aromatic rings. The molecule has 0 aliphatic carbocycles. The van der Waals surface area contributed by atoms with E-state index in [1.807, 2.05) is 12.2 Å². The number of methoxy groups -OCH3 is 1. The first-order valence-electron chi connectivity index (χ1n) is 5.90. The first kappa shape index (κ1) is 14.6. The molecular weight excluding hydrogens is 236 g/mol. The Morgan fingerprint density at radius 2 is 2.06 bits per heavy atom. The molecule has 2 nitrogen and oxygen atoms in total. The van der Waals surface area contributed by atoms with Gasteiger partial charge in [0.2, 0.25) is 0 Å². The molecule has 0 spiro atoms. The SMILES string of the molecule is COc1ccc(C=CCNC(C)C)cc1C(F)F. The van der Waals surface area contributed by atoms with Gasteiger partial charge in [-0.3, -0.25) is 0 Å². The van der Waals surface area contributed by atoms with Crippen LogP contribution in [0.15, 0.2) is 24.3 Å². The first-order chi connectivity index (χ1) is 8.54. The molecule has 18 heavy (non-hydrogen) atoms. The van der Waals surface area contributed by atoms with Crippen LogP contribution in [0.4, 0.5) is 8.78 Å². The Labute approximate surface area is 107 Å². The van der Waals surface area contributed by atoms with Crippen LogP contribution in [-0.2, 0) is 0 Å². The van der Waals surface area contributed by atoms with Gasteiger partial charge in [0.1, 0.15) is 5.75 Å². The van der Waals surface area contributed by atoms with Crippen LogP contribution in [0.1, 0.15) is 31.4 Å². The fourth-order valence-corrected chi connectivity index (χ4v) is 1.53. The monoisotopic (exact) mass is 255 g/mol. The molecule has 0 amide bonds. The van der Waals surface area contributed by atoms with Gasteiger partial charge in [-0.05, 0) is 17.7 Å². The van der Waals surface area contributed by atoms with Crippen LogP contribution in [0.25, 0.3) is 6.08 Å². The molecule has 0 aliphatic heterocycles. The van der Waals surface area contributed by atoms with Crippen LogP contribution in [0.2, 0.25) is 0 Å². The molecule has 0 unspecified atom stereocenters. The summed E-state index contributed by atoms with van der Waals surface area (Å²) in [6.45, 7) is 4.82. The molecule has 1 N–H and O–H groups in total. The van der Waals surface area contributed by atoms with Crippen molar-refractivity contribution in [2.24, 2.45) is 0 Å². The van der Waals surface area contributed by atoms with Crippen molar-refractivity contribution in [1.29, 1.82) is 0 Å². The lowest BCUT2D eigenvalue weighted by atomic mass is 10.1. The second-order valence-corrected chi connectivity index (χ2v) is 4.27. The molecule has 0 radical (unpaired) electrons. The number of hydrogen-bond donors (Lipinski definition) is 1. The lowest BCUT2D eigenvalue weighted by Gasteiger charge is -2.08. The van der Waals surface area contributed by atoms with Gasteiger partial charge >= 0.3 is 0 Å². The Bertz CT molecular complexity index is 403. The van der Waals surface area contributed by atoms with Crippen molar-refractivity contribution < 1.29 is 13.5 Å². The van der Waals surface area contributed by atoms with E-state index in [2.05, 4.69) is 19.2 Å². The fraction of sp³-hybridized carbons (Fsp3) is 0.429. The maximum absolute atomic E-state index is 12.8. The van der Waals surface area contributed by atoms with Gasteiger partial charge in [0.25, 0.3) is 6.43 Å². The van der Waals surface area contributed by atoms with Gasteiger partial charge in [-0.15, -0.1) is 0 Å². The Balaban J connectivity index is 2.75. The van der Waals surface area contributed by atoms with E-state index in [0.29, 0.717) is 12.6 Å². The summed E-state index contributed by atoms with van der Waals surface area (Å²) < 4.78 is 30.4. The number of benzene rings is 1. The number of hydrogen-bond acceptors (Lipinski definition) is 2. The third kappa shape index (κ3) is 4.45. The van der Waals surface area contributed by atoms with Gasteiger partial charge in [-0.25, -0.2) is 8.78 Å². The highest BCUT2D eigenvalue weighted by Crippen LogP contribution is 2.29. The zero-order chi connectivity index (χ0) is 13.5. The third-order valence-corrected chi connectivity index (χ3v) is 2.44. The quantitative estimate of drug-likeness (QED) is 0.837. The molecular formula is C14H19F2NO. The fourth-order valence-electron chi connectivity index (χ4n) is 1.53. The van der Waals surface area contributed by atoms with Crippen LogP contribution in [0.3, 0.4) is 0 Å². The number of nitrogens with one attached hydrogen (secondary N) is 1. The van der Waals surface area contributed by atoms with Gasteiger partial charge in [0.15, 0.2) is 0 Å². The van der Waals surface area contributed by atoms with Crippen molar-refractivity contribution in [3.05, 3.63) is 35.4 Å². The summed E-state index contributed by atoms with van der Waals surface area (Å²) >= 11 is 0. The topological polar surface area (TPSA) is 21.3 Å². The minimum atomic E-state index is -2.53. The summed E-state index contributed by atoms with van der Waals surface area (Å²) in [5.41, 5.74) is 0.674. The predicted molar refractivity (Wildman–Crippen MR) is 70.1 cm³/mol. The summed E-state index contributed by atoms with van der Waals surface area (Å²) in [6.07, 6.45) is 1.21. The zero-order valence-corrected chi connectivity index (χ0v) is 10.9. The highest BCUT2D eigenvalue weighted by atomic mass is 19.3. The molecule has 4 heteroatoms. The van der Waals surface area contributed by atoms with Gasteiger partial charge in [-0.2, -0.15) is 0 Å². The van der Waals surface area contributed by atoms with Gasteiger partial charge in [-0.1, -0.05) is 32.1 Å². The molecule has 0 bridgehead atoms. The number of halogens is 2. The second-order valence-electron chi connectivity index (χ2n) is 4.27. The highest BCUT2D eigenvalue weighted by molar-refractivity contribution is 5.53. The average Bonchev–Trinajstić information content (AvgIpc) is 2.34. The molecule has 0 aromatic heterocycles. The highest BCUT2D eigenvalue weighted by Gasteiger charge is 2.13. The van der Waals surface area contributed by atoms with Crippen molar-refractivity contribution in [3.8, 4) is 5.75 Å². The largest absolute Gasteiger partial charge is 0.496 e. The zero-order valence-electron chi connectivity index (χ0n) is 10.9. The Hall–Kier alpha value is -1.42. The molecule has 1 rings (SSSR count). The van der Waals surface area contributed by atoms with E-state index in [0.717, 1.165) is 5.56 Å². The molecule has 0 saturated carbocycles. The first-order valence-corrected chi connectivity index (χ1v) is 5.90. The van der Waals surface area contributed by atoms with Crippen molar-refractivity contribution >= 4 is 6.08 Å². The smallest absolute Gasteiger partial charge is 0.267 e. The Morgan fingerprint density at radius 1 is 1.33 bits per heavy atom. The van der Waals surface area contributed by atoms with Gasteiger partial charge < -0.3 is 10.1 Å². The summed E-state index contributed by atoms with van der Waals surface area (Å²) in [7, 11) is 1.39. The predicted octanol–water partition coefficient (Wildman–Crippen LogP) is 3.64. The Morgan fingerprint density at radius 3 is 2.61 bits per heavy atom. The van der Waals surface area contributed by atoms with Crippen molar-refractivity contribution in [1.82, 2.24) is 5.32 Å². The summed E-state index contributed by atoms with van der Waals surface area (Å²) in [5.74, 6) is 0.224. The van der Waals surface area contributed by atoms with E-state index in [1.165, 1.54) is 13.2 Å². The number of rotatable bonds is 6. The maximum Gasteiger partial charge on any atom is 0.267 e. The Kier molecular flexibility index (Phi) is 5.78. The second kappa shape index (κ2) is 7.11. The van der Waals surface area contributed by atoms with Gasteiger partial charge in [0, 0.05) is 12.6 Å². The maximum atomic E-state index is 12.8. The van der Waals surface area contributed by atoms with E-state index in [4.69, 9.17) is 4.74 Å². The summed E-state index contributed by atoms with van der Waals surface area (Å²) in [5, 5.41) is 3.22. The molecule has 0 fully saturated rings. The lowest BCUT2D eigenvalue weighted by molar-refractivity contribution is 0.147.